The van der Waals surface area contributed by atoms with Crippen LogP contribution in [-0.2, 0) is 6.54 Å². The molecule has 0 radical (unpaired) electrons. The van der Waals surface area contributed by atoms with Crippen molar-refractivity contribution >= 4 is 0 Å². The molecule has 0 amide bonds. The molecule has 146 valence electrons. The van der Waals surface area contributed by atoms with Gasteiger partial charge in [0.05, 0.1) is 17.9 Å². The summed E-state index contributed by atoms with van der Waals surface area (Å²) < 4.78 is 13.4. The maximum Gasteiger partial charge on any atom is 0.123 e. The lowest BCUT2D eigenvalue weighted by atomic mass is 9.98. The normalized spacial score (nSPS) is 12.1. The molecule has 2 aromatic carbocycles. The van der Waals surface area contributed by atoms with Crippen molar-refractivity contribution < 1.29 is 4.39 Å². The zero-order valence-electron chi connectivity index (χ0n) is 16.5. The number of aromatic amines is 1. The molecule has 5 heteroatoms. The molecule has 2 N–H and O–H groups in total. The molecule has 4 nitrogen and oxygen atoms in total. The Labute approximate surface area is 169 Å². The molecule has 0 saturated carbocycles. The minimum absolute atomic E-state index is 0.0823. The Morgan fingerprint density at radius 1 is 0.931 bits per heavy atom. The van der Waals surface area contributed by atoms with E-state index in [4.69, 9.17) is 0 Å². The number of rotatable bonds is 6. The Hall–Kier alpha value is -3.31. The molecule has 1 unspecified atom stereocenters. The van der Waals surface area contributed by atoms with E-state index in [9.17, 15) is 4.39 Å². The van der Waals surface area contributed by atoms with E-state index < -0.39 is 0 Å². The van der Waals surface area contributed by atoms with Gasteiger partial charge in [0.1, 0.15) is 5.82 Å². The first-order chi connectivity index (χ1) is 14.1. The first kappa shape index (κ1) is 19.0. The molecule has 0 aliphatic heterocycles. The van der Waals surface area contributed by atoms with Crippen LogP contribution < -0.4 is 5.32 Å². The summed E-state index contributed by atoms with van der Waals surface area (Å²) in [7, 11) is 0. The highest BCUT2D eigenvalue weighted by Gasteiger charge is 2.16. The first-order valence-corrected chi connectivity index (χ1v) is 9.60. The van der Waals surface area contributed by atoms with Crippen molar-refractivity contribution in [3.05, 3.63) is 107 Å². The Bertz CT molecular complexity index is 1090. The van der Waals surface area contributed by atoms with Crippen LogP contribution in [0.4, 0.5) is 4.39 Å². The molecule has 0 spiro atoms. The van der Waals surface area contributed by atoms with Crippen LogP contribution in [0.3, 0.4) is 0 Å². The van der Waals surface area contributed by atoms with Crippen molar-refractivity contribution in [3.8, 4) is 11.3 Å². The Morgan fingerprint density at radius 2 is 1.66 bits per heavy atom. The summed E-state index contributed by atoms with van der Waals surface area (Å²) in [5, 5.41) is 11.0. The number of aromatic nitrogens is 3. The van der Waals surface area contributed by atoms with Gasteiger partial charge in [-0.2, -0.15) is 5.10 Å². The van der Waals surface area contributed by atoms with Crippen molar-refractivity contribution in [1.29, 1.82) is 0 Å². The third-order valence-corrected chi connectivity index (χ3v) is 5.25. The van der Waals surface area contributed by atoms with Gasteiger partial charge in [-0.25, -0.2) is 4.39 Å². The molecule has 2 aromatic heterocycles. The highest BCUT2D eigenvalue weighted by atomic mass is 19.1. The smallest absolute Gasteiger partial charge is 0.123 e. The van der Waals surface area contributed by atoms with E-state index >= 15 is 0 Å². The van der Waals surface area contributed by atoms with Gasteiger partial charge >= 0.3 is 0 Å². The second-order valence-corrected chi connectivity index (χ2v) is 7.22. The van der Waals surface area contributed by atoms with Crippen molar-refractivity contribution in [3.63, 3.8) is 0 Å². The molecule has 2 heterocycles. The topological polar surface area (TPSA) is 53.6 Å². The third-order valence-electron chi connectivity index (χ3n) is 5.25. The number of hydrogen-bond acceptors (Lipinski definition) is 3. The largest absolute Gasteiger partial charge is 0.302 e. The lowest BCUT2D eigenvalue weighted by molar-refractivity contribution is 0.598. The van der Waals surface area contributed by atoms with E-state index in [0.29, 0.717) is 6.54 Å². The number of benzene rings is 2. The molecule has 0 fully saturated rings. The summed E-state index contributed by atoms with van der Waals surface area (Å²) in [4.78, 5) is 4.11. The number of aryl methyl sites for hydroxylation is 2. The average molecular weight is 386 g/mol. The minimum atomic E-state index is -0.242. The maximum absolute atomic E-state index is 13.4. The molecule has 29 heavy (non-hydrogen) atoms. The molecular weight excluding hydrogens is 363 g/mol. The second kappa shape index (κ2) is 8.37. The summed E-state index contributed by atoms with van der Waals surface area (Å²) in [5.41, 5.74) is 7.78. The van der Waals surface area contributed by atoms with E-state index in [1.807, 2.05) is 30.5 Å². The van der Waals surface area contributed by atoms with Gasteiger partial charge in [-0.15, -0.1) is 0 Å². The SMILES string of the molecule is Cc1ccc(-c2[nH]ncc2CNC(c2ccncc2)c2ccc(F)cc2)cc1C. The molecule has 1 atom stereocenters. The first-order valence-electron chi connectivity index (χ1n) is 9.60. The molecular formula is C24H23FN4. The average Bonchev–Trinajstić information content (AvgIpc) is 3.21. The molecule has 0 bridgehead atoms. The zero-order chi connectivity index (χ0) is 20.2. The van der Waals surface area contributed by atoms with Gasteiger partial charge in [0, 0.05) is 30.1 Å². The van der Waals surface area contributed by atoms with Crippen LogP contribution in [0.1, 0.15) is 33.9 Å². The van der Waals surface area contributed by atoms with Gasteiger partial charge in [0.25, 0.3) is 0 Å². The summed E-state index contributed by atoms with van der Waals surface area (Å²) in [6.07, 6.45) is 5.39. The number of pyridine rings is 1. The van der Waals surface area contributed by atoms with Gasteiger partial charge in [-0.05, 0) is 66.4 Å². The number of H-pyrrole nitrogens is 1. The predicted octanol–water partition coefficient (Wildman–Crippen LogP) is 5.11. The summed E-state index contributed by atoms with van der Waals surface area (Å²) in [6, 6.07) is 16.9. The van der Waals surface area contributed by atoms with Gasteiger partial charge in [0.15, 0.2) is 0 Å². The van der Waals surface area contributed by atoms with Crippen LogP contribution >= 0.6 is 0 Å². The van der Waals surface area contributed by atoms with E-state index in [0.717, 1.165) is 27.9 Å². The quantitative estimate of drug-likeness (QED) is 0.484. The number of nitrogens with one attached hydrogen (secondary N) is 2. The van der Waals surface area contributed by atoms with Gasteiger partial charge < -0.3 is 5.32 Å². The highest BCUT2D eigenvalue weighted by Crippen LogP contribution is 2.26. The van der Waals surface area contributed by atoms with Crippen LogP contribution in [-0.4, -0.2) is 15.2 Å². The number of hydrogen-bond donors (Lipinski definition) is 2. The van der Waals surface area contributed by atoms with Crippen molar-refractivity contribution in [2.45, 2.75) is 26.4 Å². The van der Waals surface area contributed by atoms with E-state index in [2.05, 4.69) is 52.5 Å². The van der Waals surface area contributed by atoms with Crippen LogP contribution in [0.2, 0.25) is 0 Å². The van der Waals surface area contributed by atoms with Crippen LogP contribution in [0, 0.1) is 19.7 Å². The van der Waals surface area contributed by atoms with Gasteiger partial charge in [-0.1, -0.05) is 24.3 Å². The van der Waals surface area contributed by atoms with Crippen LogP contribution in [0.5, 0.6) is 0 Å². The van der Waals surface area contributed by atoms with Crippen molar-refractivity contribution in [1.82, 2.24) is 20.5 Å². The molecule has 4 aromatic rings. The Morgan fingerprint density at radius 3 is 2.38 bits per heavy atom. The van der Waals surface area contributed by atoms with E-state index in [-0.39, 0.29) is 11.9 Å². The molecule has 0 aliphatic rings. The second-order valence-electron chi connectivity index (χ2n) is 7.22. The molecule has 4 rings (SSSR count). The Kier molecular flexibility index (Phi) is 5.49. The van der Waals surface area contributed by atoms with E-state index in [1.165, 1.54) is 23.3 Å². The monoisotopic (exact) mass is 386 g/mol. The standard InChI is InChI=1S/C24H23FN4/c1-16-3-4-20(13-17(16)2)24-21(15-28-29-24)14-27-23(19-9-11-26-12-10-19)18-5-7-22(25)8-6-18/h3-13,15,23,27H,14H2,1-2H3,(H,28,29). The van der Waals surface area contributed by atoms with Crippen LogP contribution in [0.25, 0.3) is 11.3 Å². The van der Waals surface area contributed by atoms with Gasteiger partial charge in [0.2, 0.25) is 0 Å². The van der Waals surface area contributed by atoms with Crippen LogP contribution in [0.15, 0.2) is 73.2 Å². The lowest BCUT2D eigenvalue weighted by Gasteiger charge is -2.20. The Balaban J connectivity index is 1.61. The molecule has 0 aliphatic carbocycles. The summed E-state index contributed by atoms with van der Waals surface area (Å²) >= 11 is 0. The van der Waals surface area contributed by atoms with Crippen molar-refractivity contribution in [2.24, 2.45) is 0 Å². The highest BCUT2D eigenvalue weighted by molar-refractivity contribution is 5.64. The number of halogens is 1. The predicted molar refractivity (Wildman–Crippen MR) is 113 cm³/mol. The fourth-order valence-electron chi connectivity index (χ4n) is 3.44. The van der Waals surface area contributed by atoms with Crippen molar-refractivity contribution in [2.75, 3.05) is 0 Å². The fraction of sp³-hybridized carbons (Fsp3) is 0.167. The van der Waals surface area contributed by atoms with Gasteiger partial charge in [-0.3, -0.25) is 10.1 Å². The summed E-state index contributed by atoms with van der Waals surface area (Å²) in [6.45, 7) is 4.83. The number of nitrogens with zero attached hydrogens (tertiary/aromatic N) is 2. The molecule has 0 saturated heterocycles. The fourth-order valence-corrected chi connectivity index (χ4v) is 3.44. The summed E-state index contributed by atoms with van der Waals surface area (Å²) in [5.74, 6) is -0.242. The maximum atomic E-state index is 13.4. The third kappa shape index (κ3) is 4.25. The zero-order valence-corrected chi connectivity index (χ0v) is 16.5. The lowest BCUT2D eigenvalue weighted by Crippen LogP contribution is -2.22. The minimum Gasteiger partial charge on any atom is -0.302 e. The van der Waals surface area contributed by atoms with E-state index in [1.54, 1.807) is 12.4 Å².